The summed E-state index contributed by atoms with van der Waals surface area (Å²) in [6, 6.07) is -4.21. The third kappa shape index (κ3) is 6.70. The maximum absolute atomic E-state index is 12.8. The lowest BCUT2D eigenvalue weighted by Gasteiger charge is -2.29. The zero-order chi connectivity index (χ0) is 22.3. The molecule has 1 heterocycles. The van der Waals surface area contributed by atoms with Gasteiger partial charge in [0.05, 0.1) is 12.5 Å². The van der Waals surface area contributed by atoms with E-state index in [0.717, 1.165) is 0 Å². The molecule has 164 valence electrons. The molecule has 3 amide bonds. The quantitative estimate of drug-likeness (QED) is 0.299. The van der Waals surface area contributed by atoms with Gasteiger partial charge in [0.2, 0.25) is 17.7 Å². The van der Waals surface area contributed by atoms with E-state index in [0.29, 0.717) is 25.8 Å². The van der Waals surface area contributed by atoms with Gasteiger partial charge in [0.15, 0.2) is 0 Å². The lowest BCUT2D eigenvalue weighted by molar-refractivity contribution is -0.147. The van der Waals surface area contributed by atoms with Gasteiger partial charge < -0.3 is 31.5 Å². The van der Waals surface area contributed by atoms with Gasteiger partial charge in [0.1, 0.15) is 18.1 Å². The Hall–Kier alpha value is -2.69. The number of nitrogens with zero attached hydrogens (tertiary/aromatic N) is 1. The predicted octanol–water partition coefficient (Wildman–Crippen LogP) is -1.10. The Morgan fingerprint density at radius 1 is 1.14 bits per heavy atom. The van der Waals surface area contributed by atoms with Gasteiger partial charge in [-0.05, 0) is 25.7 Å². The van der Waals surface area contributed by atoms with Crippen molar-refractivity contribution in [3.63, 3.8) is 0 Å². The Balaban J connectivity index is 2.94. The largest absolute Gasteiger partial charge is 0.481 e. The van der Waals surface area contributed by atoms with Gasteiger partial charge in [0.25, 0.3) is 0 Å². The standard InChI is InChI=1S/C18H30N4O7/c1-4-9(2)14(16(26)20-11(18(28)29)8-13(23)24)21-15(25)12-6-5-7-22(12)17(27)10(3)19/h9-12,14H,4-8,19H2,1-3H3,(H,20,26)(H,21,25)(H,23,24)(H,28,29). The molecular weight excluding hydrogens is 384 g/mol. The second-order valence-electron chi connectivity index (χ2n) is 7.35. The first kappa shape index (κ1) is 24.3. The van der Waals surface area contributed by atoms with Crippen LogP contribution in [-0.2, 0) is 24.0 Å². The minimum Gasteiger partial charge on any atom is -0.481 e. The summed E-state index contributed by atoms with van der Waals surface area (Å²) < 4.78 is 0. The summed E-state index contributed by atoms with van der Waals surface area (Å²) in [5, 5.41) is 22.7. The molecule has 0 aromatic rings. The van der Waals surface area contributed by atoms with Crippen LogP contribution >= 0.6 is 0 Å². The summed E-state index contributed by atoms with van der Waals surface area (Å²) in [7, 11) is 0. The van der Waals surface area contributed by atoms with Crippen LogP contribution in [0.5, 0.6) is 0 Å². The van der Waals surface area contributed by atoms with E-state index >= 15 is 0 Å². The fraction of sp³-hybridized carbons (Fsp3) is 0.722. The lowest BCUT2D eigenvalue weighted by atomic mass is 9.97. The van der Waals surface area contributed by atoms with Crippen LogP contribution in [0, 0.1) is 5.92 Å². The van der Waals surface area contributed by atoms with Crippen molar-refractivity contribution in [3.8, 4) is 0 Å². The molecule has 5 unspecified atom stereocenters. The third-order valence-electron chi connectivity index (χ3n) is 5.01. The molecule has 29 heavy (non-hydrogen) atoms. The van der Waals surface area contributed by atoms with Crippen molar-refractivity contribution in [1.29, 1.82) is 0 Å². The van der Waals surface area contributed by atoms with E-state index < -0.39 is 54.3 Å². The highest BCUT2D eigenvalue weighted by molar-refractivity contribution is 5.95. The number of aliphatic carboxylic acids is 2. The van der Waals surface area contributed by atoms with Crippen LogP contribution in [-0.4, -0.2) is 75.5 Å². The number of hydrogen-bond acceptors (Lipinski definition) is 6. The van der Waals surface area contributed by atoms with Gasteiger partial charge in [-0.2, -0.15) is 0 Å². The van der Waals surface area contributed by atoms with Crippen LogP contribution in [0.1, 0.15) is 46.5 Å². The molecule has 11 nitrogen and oxygen atoms in total. The number of likely N-dealkylation sites (tertiary alicyclic amines) is 1. The average molecular weight is 414 g/mol. The van der Waals surface area contributed by atoms with Crippen LogP contribution in [0.4, 0.5) is 0 Å². The van der Waals surface area contributed by atoms with Crippen molar-refractivity contribution < 1.29 is 34.2 Å². The van der Waals surface area contributed by atoms with Crippen LogP contribution in [0.3, 0.4) is 0 Å². The van der Waals surface area contributed by atoms with Crippen molar-refractivity contribution in [1.82, 2.24) is 15.5 Å². The summed E-state index contributed by atoms with van der Waals surface area (Å²) in [5.74, 6) is -4.89. The Kier molecular flexibility index (Phi) is 9.02. The fourth-order valence-corrected chi connectivity index (χ4v) is 3.15. The van der Waals surface area contributed by atoms with Crippen molar-refractivity contribution >= 4 is 29.7 Å². The molecule has 0 saturated carbocycles. The fourth-order valence-electron chi connectivity index (χ4n) is 3.15. The summed E-state index contributed by atoms with van der Waals surface area (Å²) in [6.07, 6.45) is 0.760. The summed E-state index contributed by atoms with van der Waals surface area (Å²) in [6.45, 7) is 5.42. The minimum atomic E-state index is -1.62. The molecule has 0 bridgehead atoms. The van der Waals surface area contributed by atoms with E-state index in [2.05, 4.69) is 10.6 Å². The lowest BCUT2D eigenvalue weighted by Crippen LogP contribution is -2.58. The number of hydrogen-bond donors (Lipinski definition) is 5. The van der Waals surface area contributed by atoms with Gasteiger partial charge in [-0.1, -0.05) is 20.3 Å². The second-order valence-corrected chi connectivity index (χ2v) is 7.35. The van der Waals surface area contributed by atoms with Gasteiger partial charge in [-0.3, -0.25) is 19.2 Å². The number of nitrogens with one attached hydrogen (secondary N) is 2. The van der Waals surface area contributed by atoms with E-state index in [1.807, 2.05) is 0 Å². The third-order valence-corrected chi connectivity index (χ3v) is 5.01. The molecule has 1 aliphatic rings. The first-order valence-electron chi connectivity index (χ1n) is 9.60. The van der Waals surface area contributed by atoms with Crippen molar-refractivity contribution in [2.45, 2.75) is 70.6 Å². The highest BCUT2D eigenvalue weighted by Gasteiger charge is 2.38. The molecule has 1 fully saturated rings. The minimum absolute atomic E-state index is 0.350. The second kappa shape index (κ2) is 10.7. The number of rotatable bonds is 10. The number of nitrogens with two attached hydrogens (primary N) is 1. The molecule has 1 rings (SSSR count). The normalized spacial score (nSPS) is 20.3. The number of amides is 3. The van der Waals surface area contributed by atoms with Crippen molar-refractivity contribution in [3.05, 3.63) is 0 Å². The first-order chi connectivity index (χ1) is 13.5. The number of carbonyl (C=O) groups is 5. The number of carboxylic acids is 2. The van der Waals surface area contributed by atoms with Crippen LogP contribution < -0.4 is 16.4 Å². The maximum atomic E-state index is 12.8. The van der Waals surface area contributed by atoms with E-state index in [1.54, 1.807) is 13.8 Å². The predicted molar refractivity (Wildman–Crippen MR) is 102 cm³/mol. The molecule has 0 aliphatic carbocycles. The van der Waals surface area contributed by atoms with Crippen molar-refractivity contribution in [2.75, 3.05) is 6.54 Å². The summed E-state index contributed by atoms with van der Waals surface area (Å²) in [4.78, 5) is 61.1. The van der Waals surface area contributed by atoms with Gasteiger partial charge >= 0.3 is 11.9 Å². The molecule has 1 saturated heterocycles. The van der Waals surface area contributed by atoms with Crippen LogP contribution in [0.2, 0.25) is 0 Å². The van der Waals surface area contributed by atoms with Crippen LogP contribution in [0.15, 0.2) is 0 Å². The van der Waals surface area contributed by atoms with E-state index in [1.165, 1.54) is 11.8 Å². The monoisotopic (exact) mass is 414 g/mol. The Bertz CT molecular complexity index is 652. The SMILES string of the molecule is CCC(C)C(NC(=O)C1CCCN1C(=O)C(C)N)C(=O)NC(CC(=O)O)C(=O)O. The molecule has 5 atom stereocenters. The molecule has 1 aliphatic heterocycles. The zero-order valence-corrected chi connectivity index (χ0v) is 16.9. The van der Waals surface area contributed by atoms with E-state index in [-0.39, 0.29) is 11.8 Å². The molecule has 0 spiro atoms. The van der Waals surface area contributed by atoms with Gasteiger partial charge in [0, 0.05) is 6.54 Å². The Morgan fingerprint density at radius 3 is 2.24 bits per heavy atom. The summed E-state index contributed by atoms with van der Waals surface area (Å²) >= 11 is 0. The highest BCUT2D eigenvalue weighted by atomic mass is 16.4. The molecule has 6 N–H and O–H groups in total. The zero-order valence-electron chi connectivity index (χ0n) is 16.9. The van der Waals surface area contributed by atoms with Crippen molar-refractivity contribution in [2.24, 2.45) is 11.7 Å². The number of carbonyl (C=O) groups excluding carboxylic acids is 3. The first-order valence-corrected chi connectivity index (χ1v) is 9.60. The average Bonchev–Trinajstić information content (AvgIpc) is 3.13. The molecule has 11 heteroatoms. The Labute approximate surface area is 169 Å². The Morgan fingerprint density at radius 2 is 1.76 bits per heavy atom. The van der Waals surface area contributed by atoms with E-state index in [9.17, 15) is 24.0 Å². The molecule has 0 radical (unpaired) electrons. The maximum Gasteiger partial charge on any atom is 0.326 e. The van der Waals surface area contributed by atoms with Gasteiger partial charge in [-0.15, -0.1) is 0 Å². The van der Waals surface area contributed by atoms with Crippen LogP contribution in [0.25, 0.3) is 0 Å². The van der Waals surface area contributed by atoms with Gasteiger partial charge in [-0.25, -0.2) is 4.79 Å². The highest BCUT2D eigenvalue weighted by Crippen LogP contribution is 2.19. The van der Waals surface area contributed by atoms with E-state index in [4.69, 9.17) is 15.9 Å². The molecule has 0 aromatic carbocycles. The molecule has 0 aromatic heterocycles. The number of carboxylic acid groups (broad SMARTS) is 2. The summed E-state index contributed by atoms with van der Waals surface area (Å²) in [5.41, 5.74) is 5.63. The molecular formula is C18H30N4O7. The smallest absolute Gasteiger partial charge is 0.326 e. The topological polar surface area (TPSA) is 179 Å².